The predicted molar refractivity (Wildman–Crippen MR) is 75.8 cm³/mol. The average molecular weight is 419 g/mol. The summed E-state index contributed by atoms with van der Waals surface area (Å²) in [6.07, 6.45) is -3.07. The number of alkyl halides is 2. The Balaban J connectivity index is 2.09. The Morgan fingerprint density at radius 3 is 2.65 bits per heavy atom. The van der Waals surface area contributed by atoms with Gasteiger partial charge in [-0.15, -0.1) is 0 Å². The number of aromatic nitrogens is 2. The molecule has 2 rings (SSSR count). The fourth-order valence-corrected chi connectivity index (χ4v) is 3.99. The minimum absolute atomic E-state index is 0.0785. The Hall–Kier alpha value is -1.24. The summed E-state index contributed by atoms with van der Waals surface area (Å²) in [6.45, 7) is -1.18. The van der Waals surface area contributed by atoms with Crippen molar-refractivity contribution in [3.8, 4) is 0 Å². The molecule has 1 aliphatic rings. The minimum Gasteiger partial charge on any atom is -0.774 e. The lowest BCUT2D eigenvalue weighted by molar-refractivity contribution is -0.236. The zero-order valence-corrected chi connectivity index (χ0v) is 14.5. The topological polar surface area (TPSA) is 200 Å². The van der Waals surface area contributed by atoms with Crippen LogP contribution in [-0.4, -0.2) is 43.8 Å². The van der Waals surface area contributed by atoms with E-state index < -0.39 is 51.3 Å². The number of ether oxygens (including phenoxy) is 1. The molecule has 12 nitrogen and oxygen atoms in total. The summed E-state index contributed by atoms with van der Waals surface area (Å²) in [5, 5.41) is 4.26. The lowest BCUT2D eigenvalue weighted by atomic mass is 10.2. The third kappa shape index (κ3) is 4.02. The first-order valence-electron chi connectivity index (χ1n) is 6.82. The van der Waals surface area contributed by atoms with Crippen molar-refractivity contribution in [1.29, 1.82) is 0 Å². The highest BCUT2D eigenvalue weighted by atomic mass is 31.2. The molecule has 2 unspecified atom stereocenters. The minimum atomic E-state index is -6.59. The van der Waals surface area contributed by atoms with E-state index in [0.29, 0.717) is 0 Å². The van der Waals surface area contributed by atoms with Crippen molar-refractivity contribution >= 4 is 21.0 Å². The molecule has 0 amide bonds. The summed E-state index contributed by atoms with van der Waals surface area (Å²) >= 11 is 0. The molecule has 5 atom stereocenters. The van der Waals surface area contributed by atoms with Crippen LogP contribution in [0, 0.1) is 0 Å². The van der Waals surface area contributed by atoms with Crippen LogP contribution in [0.3, 0.4) is 0 Å². The van der Waals surface area contributed by atoms with Crippen molar-refractivity contribution in [3.63, 3.8) is 0 Å². The third-order valence-corrected chi connectivity index (χ3v) is 6.77. The number of hydrogen-bond acceptors (Lipinski definition) is 10. The van der Waals surface area contributed by atoms with Crippen molar-refractivity contribution in [2.45, 2.75) is 30.3 Å². The van der Waals surface area contributed by atoms with Gasteiger partial charge in [0.25, 0.3) is 0 Å². The summed E-state index contributed by atoms with van der Waals surface area (Å²) in [5.41, 5.74) is 4.48. The smallest absolute Gasteiger partial charge is 0.368 e. The molecule has 0 aliphatic carbocycles. The maximum absolute atomic E-state index is 13.2. The molecule has 1 saturated heterocycles. The highest BCUT2D eigenvalue weighted by Gasteiger charge is 2.52. The molecule has 1 aromatic rings. The summed E-state index contributed by atoms with van der Waals surface area (Å²) < 4.78 is 58.3. The molecule has 1 fully saturated rings. The standard InChI is InChI=1S/C10H15F2N3O9P2/c11-10(12,25(18,19)20)26(21,22)23-4-6-5(16)3-8(24-6)15-2-1-7(13)14-9(15)17/h1-2,5-6,8,16H,3-4H2,(H,21,22)(H2,13,14,17)(H2,18,19,20)/p-2/t5-,6+,8+/m0/s1. The zero-order valence-electron chi connectivity index (χ0n) is 12.7. The van der Waals surface area contributed by atoms with Crippen LogP contribution in [0.25, 0.3) is 0 Å². The highest BCUT2D eigenvalue weighted by Crippen LogP contribution is 2.69. The number of hydrogen-bond donors (Lipinski definition) is 3. The fourth-order valence-electron chi connectivity index (χ4n) is 2.08. The van der Waals surface area contributed by atoms with E-state index in [2.05, 4.69) is 9.51 Å². The first-order valence-corrected chi connectivity index (χ1v) is 9.94. The monoisotopic (exact) mass is 419 g/mol. The van der Waals surface area contributed by atoms with Gasteiger partial charge in [-0.3, -0.25) is 4.57 Å². The van der Waals surface area contributed by atoms with E-state index in [4.69, 9.17) is 15.4 Å². The Bertz CT molecular complexity index is 828. The van der Waals surface area contributed by atoms with Gasteiger partial charge in [0, 0.05) is 12.6 Å². The maximum Gasteiger partial charge on any atom is 0.368 e. The molecule has 4 N–H and O–H groups in total. The number of halogens is 2. The van der Waals surface area contributed by atoms with Crippen molar-refractivity contribution in [2.75, 3.05) is 12.3 Å². The Morgan fingerprint density at radius 1 is 1.50 bits per heavy atom. The second-order valence-corrected chi connectivity index (χ2v) is 9.07. The van der Waals surface area contributed by atoms with Crippen LogP contribution >= 0.6 is 15.2 Å². The van der Waals surface area contributed by atoms with Gasteiger partial charge in [-0.25, -0.2) is 4.79 Å². The number of nitrogens with zero attached hydrogens (tertiary/aromatic N) is 2. The Kier molecular flexibility index (Phi) is 5.72. The van der Waals surface area contributed by atoms with Crippen LogP contribution in [0.15, 0.2) is 17.1 Å². The number of aliphatic hydroxyl groups excluding tert-OH is 1. The van der Waals surface area contributed by atoms with Crippen molar-refractivity contribution in [1.82, 2.24) is 9.55 Å². The molecule has 1 aromatic heterocycles. The number of nitrogen functional groups attached to an aromatic ring is 1. The van der Waals surface area contributed by atoms with Crippen LogP contribution in [0.4, 0.5) is 14.6 Å². The first kappa shape index (κ1) is 21.1. The van der Waals surface area contributed by atoms with Crippen LogP contribution in [0.5, 0.6) is 0 Å². The van der Waals surface area contributed by atoms with E-state index in [0.717, 1.165) is 4.57 Å². The molecular weight excluding hydrogens is 406 g/mol. The predicted octanol–water partition coefficient (Wildman–Crippen LogP) is -1.86. The van der Waals surface area contributed by atoms with Crippen molar-refractivity contribution < 1.29 is 47.0 Å². The van der Waals surface area contributed by atoms with Crippen LogP contribution in [-0.2, 0) is 18.4 Å². The summed E-state index contributed by atoms with van der Waals surface area (Å²) in [6, 6.07) is 1.25. The van der Waals surface area contributed by atoms with E-state index in [9.17, 15) is 37.6 Å². The second-order valence-electron chi connectivity index (χ2n) is 5.30. The molecule has 16 heteroatoms. The summed E-state index contributed by atoms with van der Waals surface area (Å²) in [4.78, 5) is 45.3. The lowest BCUT2D eigenvalue weighted by Crippen LogP contribution is -2.33. The second kappa shape index (κ2) is 7.06. The Labute approximate surface area is 143 Å². The van der Waals surface area contributed by atoms with Gasteiger partial charge in [0.1, 0.15) is 18.1 Å². The maximum atomic E-state index is 13.2. The molecule has 0 bridgehead atoms. The number of aliphatic hydroxyl groups is 1. The van der Waals surface area contributed by atoms with E-state index >= 15 is 0 Å². The van der Waals surface area contributed by atoms with Gasteiger partial charge in [-0.2, -0.15) is 13.8 Å². The number of rotatable bonds is 6. The largest absolute Gasteiger partial charge is 0.774 e. The van der Waals surface area contributed by atoms with Crippen molar-refractivity contribution in [3.05, 3.63) is 22.7 Å². The molecule has 0 aromatic carbocycles. The Morgan fingerprint density at radius 2 is 2.12 bits per heavy atom. The van der Waals surface area contributed by atoms with Gasteiger partial charge < -0.3 is 43.9 Å². The molecule has 26 heavy (non-hydrogen) atoms. The lowest BCUT2D eigenvalue weighted by Gasteiger charge is -2.36. The van der Waals surface area contributed by atoms with Crippen molar-refractivity contribution in [2.24, 2.45) is 0 Å². The van der Waals surface area contributed by atoms with E-state index in [1.54, 1.807) is 0 Å². The zero-order chi connectivity index (χ0) is 19.9. The summed E-state index contributed by atoms with van der Waals surface area (Å²) in [7, 11) is -13.0. The highest BCUT2D eigenvalue weighted by molar-refractivity contribution is 7.70. The number of anilines is 1. The van der Waals surface area contributed by atoms with Gasteiger partial charge in [0.2, 0.25) is 15.2 Å². The van der Waals surface area contributed by atoms with Gasteiger partial charge in [0.15, 0.2) is 0 Å². The molecule has 0 radical (unpaired) electrons. The average Bonchev–Trinajstić information content (AvgIpc) is 2.84. The van der Waals surface area contributed by atoms with Gasteiger partial charge in [-0.1, -0.05) is 0 Å². The van der Waals surface area contributed by atoms with Crippen LogP contribution < -0.4 is 21.2 Å². The van der Waals surface area contributed by atoms with Gasteiger partial charge >= 0.3 is 11.1 Å². The molecule has 0 saturated carbocycles. The van der Waals surface area contributed by atoms with E-state index in [-0.39, 0.29) is 12.2 Å². The molecule has 2 heterocycles. The number of nitrogens with two attached hydrogens (primary N) is 1. The van der Waals surface area contributed by atoms with Gasteiger partial charge in [0.05, 0.1) is 12.7 Å². The fraction of sp³-hybridized carbons (Fsp3) is 0.600. The van der Waals surface area contributed by atoms with Crippen LogP contribution in [0.2, 0.25) is 0 Å². The quantitative estimate of drug-likeness (QED) is 0.437. The first-order chi connectivity index (χ1) is 11.8. The van der Waals surface area contributed by atoms with Crippen LogP contribution in [0.1, 0.15) is 12.6 Å². The normalized spacial score (nSPS) is 28.5. The third-order valence-electron chi connectivity index (χ3n) is 3.44. The molecule has 1 aliphatic heterocycles. The molecule has 0 spiro atoms. The molecule has 148 valence electrons. The SMILES string of the molecule is Nc1ccn([C@H]2C[C@H](O)[C@@H](COP(=O)([O-])C(F)(F)P(=O)([O-])O)O2)c(=O)n1. The van der Waals surface area contributed by atoms with Gasteiger partial charge in [-0.05, 0) is 6.07 Å². The molecular formula is C10H13F2N3O9P2-2. The van der Waals surface area contributed by atoms with E-state index in [1.165, 1.54) is 12.3 Å². The summed E-state index contributed by atoms with van der Waals surface area (Å²) in [5.74, 6) is -0.0785. The van der Waals surface area contributed by atoms with E-state index in [1.807, 2.05) is 0 Å².